The Morgan fingerprint density at radius 1 is 1.03 bits per heavy atom. The van der Waals surface area contributed by atoms with E-state index >= 15 is 0 Å². The summed E-state index contributed by atoms with van der Waals surface area (Å²) in [5.41, 5.74) is 7.64. The molecule has 1 heterocycles. The second-order valence-electron chi connectivity index (χ2n) is 7.80. The van der Waals surface area contributed by atoms with Crippen LogP contribution < -0.4 is 11.1 Å². The Bertz CT molecular complexity index is 875. The zero-order valence-corrected chi connectivity index (χ0v) is 17.9. The van der Waals surface area contributed by atoms with Crippen molar-refractivity contribution >= 4 is 28.7 Å². The predicted octanol–water partition coefficient (Wildman–Crippen LogP) is 2.21. The summed E-state index contributed by atoms with van der Waals surface area (Å²) in [6.07, 6.45) is 1.64. The number of carbonyl (C=O) groups excluding carboxylic acids is 3. The number of rotatable bonds is 10. The number of esters is 2. The van der Waals surface area contributed by atoms with E-state index in [0.717, 1.165) is 16.5 Å². The second-order valence-corrected chi connectivity index (χ2v) is 7.80. The van der Waals surface area contributed by atoms with Gasteiger partial charge in [0.25, 0.3) is 0 Å². The first-order chi connectivity index (χ1) is 14.2. The van der Waals surface area contributed by atoms with Crippen molar-refractivity contribution in [1.29, 1.82) is 0 Å². The maximum atomic E-state index is 12.6. The van der Waals surface area contributed by atoms with Gasteiger partial charge in [0.15, 0.2) is 0 Å². The third kappa shape index (κ3) is 6.88. The summed E-state index contributed by atoms with van der Waals surface area (Å²) in [5, 5.41) is 3.70. The fourth-order valence-corrected chi connectivity index (χ4v) is 3.02. The number of benzene rings is 1. The fourth-order valence-electron chi connectivity index (χ4n) is 3.02. The molecule has 0 spiro atoms. The maximum absolute atomic E-state index is 12.6. The van der Waals surface area contributed by atoms with Crippen LogP contribution in [0.4, 0.5) is 0 Å². The van der Waals surface area contributed by atoms with Gasteiger partial charge in [-0.3, -0.25) is 9.59 Å². The number of nitrogens with one attached hydrogen (secondary N) is 2. The minimum atomic E-state index is -0.896. The van der Waals surface area contributed by atoms with Gasteiger partial charge in [-0.2, -0.15) is 0 Å². The lowest BCUT2D eigenvalue weighted by molar-refractivity contribution is -0.152. The lowest BCUT2D eigenvalue weighted by Gasteiger charge is -2.20. The second kappa shape index (κ2) is 10.8. The molecular formula is C22H31N3O5. The molecule has 1 amide bonds. The number of fused-ring (bicyclic) bond motifs is 1. The molecule has 2 atom stereocenters. The monoisotopic (exact) mass is 417 g/mol. The molecule has 4 N–H and O–H groups in total. The van der Waals surface area contributed by atoms with Crippen molar-refractivity contribution in [2.75, 3.05) is 0 Å². The van der Waals surface area contributed by atoms with E-state index in [0.29, 0.717) is 0 Å². The maximum Gasteiger partial charge on any atom is 0.329 e. The molecule has 0 radical (unpaired) electrons. The Hall–Kier alpha value is -2.87. The minimum Gasteiger partial charge on any atom is -0.462 e. The van der Waals surface area contributed by atoms with E-state index in [-0.39, 0.29) is 37.4 Å². The topological polar surface area (TPSA) is 124 Å². The van der Waals surface area contributed by atoms with Gasteiger partial charge in [-0.1, -0.05) is 18.2 Å². The molecule has 1 aromatic carbocycles. The molecule has 30 heavy (non-hydrogen) atoms. The average Bonchev–Trinajstić information content (AvgIpc) is 3.07. The highest BCUT2D eigenvalue weighted by Gasteiger charge is 2.26. The summed E-state index contributed by atoms with van der Waals surface area (Å²) < 4.78 is 10.4. The first-order valence-corrected chi connectivity index (χ1v) is 10.2. The largest absolute Gasteiger partial charge is 0.462 e. The Labute approximate surface area is 176 Å². The standard InChI is InChI=1S/C22H31N3O5/c1-13(2)29-21(27)17(23)9-10-20(26)25-19(22(28)30-14(3)4)11-15-12-24-18-8-6-5-7-16(15)18/h5-8,12-14,17,19,24H,9-11,23H2,1-4H3,(H,25,26)/t17-,19+/m0/s1. The van der Waals surface area contributed by atoms with Gasteiger partial charge in [0.2, 0.25) is 5.91 Å². The van der Waals surface area contributed by atoms with E-state index in [2.05, 4.69) is 10.3 Å². The number of hydrogen-bond donors (Lipinski definition) is 3. The van der Waals surface area contributed by atoms with Crippen molar-refractivity contribution in [3.63, 3.8) is 0 Å². The highest BCUT2D eigenvalue weighted by Crippen LogP contribution is 2.19. The van der Waals surface area contributed by atoms with Gasteiger partial charge < -0.3 is 25.5 Å². The molecule has 8 nitrogen and oxygen atoms in total. The minimum absolute atomic E-state index is 0.00624. The molecule has 2 aromatic rings. The van der Waals surface area contributed by atoms with E-state index in [1.165, 1.54) is 0 Å². The number of carbonyl (C=O) groups is 3. The van der Waals surface area contributed by atoms with Gasteiger partial charge in [0, 0.05) is 29.9 Å². The first-order valence-electron chi connectivity index (χ1n) is 10.2. The number of aromatic amines is 1. The van der Waals surface area contributed by atoms with Crippen molar-refractivity contribution in [2.24, 2.45) is 5.73 Å². The van der Waals surface area contributed by atoms with E-state index in [4.69, 9.17) is 15.2 Å². The van der Waals surface area contributed by atoms with Crippen LogP contribution in [0, 0.1) is 0 Å². The smallest absolute Gasteiger partial charge is 0.329 e. The Morgan fingerprint density at radius 3 is 2.33 bits per heavy atom. The molecule has 2 rings (SSSR count). The van der Waals surface area contributed by atoms with Crippen LogP contribution in [0.15, 0.2) is 30.5 Å². The van der Waals surface area contributed by atoms with Crippen LogP contribution in [0.2, 0.25) is 0 Å². The first kappa shape index (κ1) is 23.4. The quantitative estimate of drug-likeness (QED) is 0.509. The van der Waals surface area contributed by atoms with Crippen molar-refractivity contribution in [3.05, 3.63) is 36.0 Å². The van der Waals surface area contributed by atoms with E-state index < -0.39 is 24.0 Å². The Morgan fingerprint density at radius 2 is 1.67 bits per heavy atom. The summed E-state index contributed by atoms with van der Waals surface area (Å²) in [5.74, 6) is -1.44. The molecule has 164 valence electrons. The summed E-state index contributed by atoms with van der Waals surface area (Å²) >= 11 is 0. The molecule has 1 aromatic heterocycles. The van der Waals surface area contributed by atoms with Crippen molar-refractivity contribution in [2.45, 2.75) is 71.2 Å². The lowest BCUT2D eigenvalue weighted by atomic mass is 10.0. The molecule has 0 saturated carbocycles. The highest BCUT2D eigenvalue weighted by molar-refractivity contribution is 5.87. The van der Waals surface area contributed by atoms with Gasteiger partial charge in [-0.25, -0.2) is 4.79 Å². The molecule has 0 bridgehead atoms. The van der Waals surface area contributed by atoms with Gasteiger partial charge in [0.1, 0.15) is 12.1 Å². The molecule has 0 aliphatic rings. The Balaban J connectivity index is 2.03. The van der Waals surface area contributed by atoms with Gasteiger partial charge >= 0.3 is 11.9 Å². The molecular weight excluding hydrogens is 386 g/mol. The van der Waals surface area contributed by atoms with Gasteiger partial charge in [0.05, 0.1) is 12.2 Å². The third-order valence-electron chi connectivity index (χ3n) is 4.41. The van der Waals surface area contributed by atoms with Crippen LogP contribution in [-0.4, -0.2) is 47.1 Å². The van der Waals surface area contributed by atoms with Gasteiger partial charge in [-0.15, -0.1) is 0 Å². The normalized spacial score (nSPS) is 13.3. The number of amides is 1. The highest BCUT2D eigenvalue weighted by atomic mass is 16.5. The fraction of sp³-hybridized carbons (Fsp3) is 0.500. The van der Waals surface area contributed by atoms with Gasteiger partial charge in [-0.05, 0) is 45.7 Å². The predicted molar refractivity (Wildman–Crippen MR) is 114 cm³/mol. The summed E-state index contributed by atoms with van der Waals surface area (Å²) in [4.78, 5) is 40.0. The number of para-hydroxylation sites is 1. The number of aromatic nitrogens is 1. The number of ether oxygens (including phenoxy) is 2. The van der Waals surface area contributed by atoms with Crippen LogP contribution >= 0.6 is 0 Å². The lowest BCUT2D eigenvalue weighted by Crippen LogP contribution is -2.44. The van der Waals surface area contributed by atoms with Crippen LogP contribution in [0.3, 0.4) is 0 Å². The number of hydrogen-bond acceptors (Lipinski definition) is 6. The molecule has 0 saturated heterocycles. The Kier molecular flexibility index (Phi) is 8.41. The molecule has 8 heteroatoms. The molecule has 0 fully saturated rings. The van der Waals surface area contributed by atoms with E-state index in [9.17, 15) is 14.4 Å². The van der Waals surface area contributed by atoms with Crippen molar-refractivity contribution in [3.8, 4) is 0 Å². The summed E-state index contributed by atoms with van der Waals surface area (Å²) in [6, 6.07) is 5.98. The number of H-pyrrole nitrogens is 1. The van der Waals surface area contributed by atoms with Crippen LogP contribution in [-0.2, 0) is 30.3 Å². The van der Waals surface area contributed by atoms with Crippen LogP contribution in [0.25, 0.3) is 10.9 Å². The van der Waals surface area contributed by atoms with Crippen molar-refractivity contribution < 1.29 is 23.9 Å². The van der Waals surface area contributed by atoms with Crippen molar-refractivity contribution in [1.82, 2.24) is 10.3 Å². The SMILES string of the molecule is CC(C)OC(=O)[C@@H](N)CCC(=O)N[C@H](Cc1c[nH]c2ccccc12)C(=O)OC(C)C. The van der Waals surface area contributed by atoms with E-state index in [1.54, 1.807) is 27.7 Å². The third-order valence-corrected chi connectivity index (χ3v) is 4.41. The number of nitrogens with two attached hydrogens (primary N) is 1. The van der Waals surface area contributed by atoms with E-state index in [1.807, 2.05) is 30.5 Å². The zero-order chi connectivity index (χ0) is 22.3. The summed E-state index contributed by atoms with van der Waals surface area (Å²) in [6.45, 7) is 6.96. The van der Waals surface area contributed by atoms with Crippen LogP contribution in [0.1, 0.15) is 46.1 Å². The average molecular weight is 418 g/mol. The zero-order valence-electron chi connectivity index (χ0n) is 17.9. The molecule has 0 aliphatic heterocycles. The molecule has 0 unspecified atom stereocenters. The summed E-state index contributed by atoms with van der Waals surface area (Å²) in [7, 11) is 0. The molecule has 0 aliphatic carbocycles. The van der Waals surface area contributed by atoms with Crippen LogP contribution in [0.5, 0.6) is 0 Å².